The molecule has 90 valence electrons. The number of ether oxygens (including phenoxy) is 1. The second-order valence-corrected chi connectivity index (χ2v) is 4.02. The number of halogens is 2. The maximum Gasteiger partial charge on any atom is 0.124 e. The summed E-state index contributed by atoms with van der Waals surface area (Å²) >= 11 is 5.89. The number of benzene rings is 1. The normalized spacial score (nSPS) is 10.7. The van der Waals surface area contributed by atoms with Crippen molar-refractivity contribution in [3.05, 3.63) is 34.6 Å². The van der Waals surface area contributed by atoms with Gasteiger partial charge in [0.2, 0.25) is 0 Å². The molecule has 1 rings (SSSR count). The highest BCUT2D eigenvalue weighted by molar-refractivity contribution is 6.31. The van der Waals surface area contributed by atoms with Gasteiger partial charge in [-0.1, -0.05) is 17.7 Å². The molecule has 0 saturated carbocycles. The van der Waals surface area contributed by atoms with Gasteiger partial charge in [0.1, 0.15) is 5.82 Å². The molecule has 2 nitrogen and oxygen atoms in total. The van der Waals surface area contributed by atoms with Crippen LogP contribution in [0.3, 0.4) is 0 Å². The van der Waals surface area contributed by atoms with Gasteiger partial charge in [0.25, 0.3) is 0 Å². The first-order valence-electron chi connectivity index (χ1n) is 5.37. The van der Waals surface area contributed by atoms with E-state index in [0.29, 0.717) is 11.6 Å². The van der Waals surface area contributed by atoms with Crippen LogP contribution in [0.1, 0.15) is 18.4 Å². The van der Waals surface area contributed by atoms with Gasteiger partial charge in [0.05, 0.1) is 0 Å². The summed E-state index contributed by atoms with van der Waals surface area (Å²) in [5, 5.41) is 3.73. The molecule has 1 aromatic rings. The molecule has 0 aromatic heterocycles. The average Bonchev–Trinajstić information content (AvgIpc) is 2.26. The topological polar surface area (TPSA) is 21.3 Å². The number of nitrogens with one attached hydrogen (secondary N) is 1. The fourth-order valence-electron chi connectivity index (χ4n) is 1.38. The lowest BCUT2D eigenvalue weighted by atomic mass is 10.2. The maximum atomic E-state index is 12.8. The summed E-state index contributed by atoms with van der Waals surface area (Å²) in [5.41, 5.74) is 0.926. The minimum Gasteiger partial charge on any atom is -0.385 e. The Morgan fingerprint density at radius 2 is 2.19 bits per heavy atom. The Morgan fingerprint density at radius 3 is 2.88 bits per heavy atom. The molecule has 0 unspecified atom stereocenters. The molecule has 0 aliphatic rings. The molecule has 1 N–H and O–H groups in total. The van der Waals surface area contributed by atoms with Gasteiger partial charge in [-0.25, -0.2) is 4.39 Å². The van der Waals surface area contributed by atoms with Crippen LogP contribution in [0.4, 0.5) is 4.39 Å². The Bertz CT molecular complexity index is 320. The summed E-state index contributed by atoms with van der Waals surface area (Å²) in [7, 11) is 1.70. The Morgan fingerprint density at radius 1 is 1.38 bits per heavy atom. The van der Waals surface area contributed by atoms with Crippen molar-refractivity contribution in [2.75, 3.05) is 20.3 Å². The van der Waals surface area contributed by atoms with E-state index in [2.05, 4.69) is 5.32 Å². The fraction of sp³-hybridized carbons (Fsp3) is 0.500. The molecule has 0 aliphatic heterocycles. The summed E-state index contributed by atoms with van der Waals surface area (Å²) in [6, 6.07) is 4.47. The third kappa shape index (κ3) is 4.92. The fourth-order valence-corrected chi connectivity index (χ4v) is 1.62. The minimum atomic E-state index is -0.297. The summed E-state index contributed by atoms with van der Waals surface area (Å²) in [6.45, 7) is 2.38. The van der Waals surface area contributed by atoms with E-state index < -0.39 is 0 Å². The number of hydrogen-bond donors (Lipinski definition) is 1. The van der Waals surface area contributed by atoms with E-state index in [1.165, 1.54) is 12.1 Å². The van der Waals surface area contributed by atoms with Crippen molar-refractivity contribution in [3.63, 3.8) is 0 Å². The molecule has 4 heteroatoms. The van der Waals surface area contributed by atoms with Crippen molar-refractivity contribution < 1.29 is 9.13 Å². The minimum absolute atomic E-state index is 0.297. The van der Waals surface area contributed by atoms with Gasteiger partial charge < -0.3 is 10.1 Å². The largest absolute Gasteiger partial charge is 0.385 e. The highest BCUT2D eigenvalue weighted by Gasteiger charge is 2.00. The Labute approximate surface area is 101 Å². The molecule has 16 heavy (non-hydrogen) atoms. The van der Waals surface area contributed by atoms with Crippen LogP contribution in [0.5, 0.6) is 0 Å². The first-order chi connectivity index (χ1) is 7.74. The lowest BCUT2D eigenvalue weighted by molar-refractivity contribution is 0.192. The number of unbranched alkanes of at least 4 members (excludes halogenated alkanes) is 1. The third-order valence-electron chi connectivity index (χ3n) is 2.28. The van der Waals surface area contributed by atoms with Crippen LogP contribution in [0.25, 0.3) is 0 Å². The highest BCUT2D eigenvalue weighted by Crippen LogP contribution is 2.16. The van der Waals surface area contributed by atoms with E-state index in [1.54, 1.807) is 13.2 Å². The molecule has 0 bridgehead atoms. The molecule has 0 radical (unpaired) electrons. The Kier molecular flexibility index (Phi) is 6.38. The monoisotopic (exact) mass is 245 g/mol. The van der Waals surface area contributed by atoms with Crippen molar-refractivity contribution in [3.8, 4) is 0 Å². The second-order valence-electron chi connectivity index (χ2n) is 3.61. The molecule has 0 fully saturated rings. The highest BCUT2D eigenvalue weighted by atomic mass is 35.5. The lowest BCUT2D eigenvalue weighted by Gasteiger charge is -2.06. The first kappa shape index (κ1) is 13.4. The summed E-state index contributed by atoms with van der Waals surface area (Å²) in [5.74, 6) is -0.297. The molecule has 1 aromatic carbocycles. The van der Waals surface area contributed by atoms with E-state index in [1.807, 2.05) is 0 Å². The zero-order chi connectivity index (χ0) is 11.8. The van der Waals surface area contributed by atoms with Crippen LogP contribution in [0.2, 0.25) is 5.02 Å². The van der Waals surface area contributed by atoms with Crippen molar-refractivity contribution >= 4 is 11.6 Å². The van der Waals surface area contributed by atoms with Gasteiger partial charge in [-0.2, -0.15) is 0 Å². The predicted octanol–water partition coefficient (Wildman–Crippen LogP) is 3.00. The molecule has 0 amide bonds. The van der Waals surface area contributed by atoms with Gasteiger partial charge >= 0.3 is 0 Å². The van der Waals surface area contributed by atoms with E-state index in [-0.39, 0.29) is 5.82 Å². The van der Waals surface area contributed by atoms with Crippen molar-refractivity contribution in [2.24, 2.45) is 0 Å². The quantitative estimate of drug-likeness (QED) is 0.746. The summed E-state index contributed by atoms with van der Waals surface area (Å²) in [4.78, 5) is 0. The van der Waals surface area contributed by atoms with Crippen LogP contribution >= 0.6 is 11.6 Å². The SMILES string of the molecule is COCCCCNCc1ccc(F)cc1Cl. The zero-order valence-electron chi connectivity index (χ0n) is 9.43. The first-order valence-corrected chi connectivity index (χ1v) is 5.75. The van der Waals surface area contributed by atoms with E-state index >= 15 is 0 Å². The molecule has 0 spiro atoms. The molecule has 0 heterocycles. The van der Waals surface area contributed by atoms with Crippen LogP contribution in [-0.2, 0) is 11.3 Å². The van der Waals surface area contributed by atoms with Crippen LogP contribution in [0, 0.1) is 5.82 Å². The van der Waals surface area contributed by atoms with Gasteiger partial charge in [-0.3, -0.25) is 0 Å². The number of methoxy groups -OCH3 is 1. The van der Waals surface area contributed by atoms with Crippen molar-refractivity contribution in [2.45, 2.75) is 19.4 Å². The van der Waals surface area contributed by atoms with Crippen molar-refractivity contribution in [1.82, 2.24) is 5.32 Å². The van der Waals surface area contributed by atoms with Crippen molar-refractivity contribution in [1.29, 1.82) is 0 Å². The van der Waals surface area contributed by atoms with Crippen LogP contribution in [-0.4, -0.2) is 20.3 Å². The molecular weight excluding hydrogens is 229 g/mol. The van der Waals surface area contributed by atoms with E-state index in [9.17, 15) is 4.39 Å². The van der Waals surface area contributed by atoms with Crippen LogP contribution in [0.15, 0.2) is 18.2 Å². The van der Waals surface area contributed by atoms with Gasteiger partial charge in [-0.05, 0) is 37.1 Å². The lowest BCUT2D eigenvalue weighted by Crippen LogP contribution is -2.15. The summed E-state index contributed by atoms with van der Waals surface area (Å²) < 4.78 is 17.7. The van der Waals surface area contributed by atoms with E-state index in [0.717, 1.165) is 31.6 Å². The standard InChI is InChI=1S/C12H17ClFNO/c1-16-7-3-2-6-15-9-10-4-5-11(14)8-12(10)13/h4-5,8,15H,2-3,6-7,9H2,1H3. The second kappa shape index (κ2) is 7.60. The van der Waals surface area contributed by atoms with E-state index in [4.69, 9.17) is 16.3 Å². The third-order valence-corrected chi connectivity index (χ3v) is 2.63. The average molecular weight is 246 g/mol. The maximum absolute atomic E-state index is 12.8. The molecule has 0 atom stereocenters. The predicted molar refractivity (Wildman–Crippen MR) is 64.2 cm³/mol. The Hall–Kier alpha value is -0.640. The Balaban J connectivity index is 2.21. The number of rotatable bonds is 7. The zero-order valence-corrected chi connectivity index (χ0v) is 10.2. The van der Waals surface area contributed by atoms with Gasteiger partial charge in [0, 0.05) is 25.3 Å². The van der Waals surface area contributed by atoms with Gasteiger partial charge in [-0.15, -0.1) is 0 Å². The van der Waals surface area contributed by atoms with Gasteiger partial charge in [0.15, 0.2) is 0 Å². The number of hydrogen-bond acceptors (Lipinski definition) is 2. The van der Waals surface area contributed by atoms with Crippen LogP contribution < -0.4 is 5.32 Å². The smallest absolute Gasteiger partial charge is 0.124 e. The summed E-state index contributed by atoms with van der Waals surface area (Å²) in [6.07, 6.45) is 2.10. The molecule has 0 aliphatic carbocycles. The molecule has 0 saturated heterocycles. The molecular formula is C12H17ClFNO.